The van der Waals surface area contributed by atoms with Crippen molar-refractivity contribution in [3.63, 3.8) is 0 Å². The minimum atomic E-state index is 0.391. The summed E-state index contributed by atoms with van der Waals surface area (Å²) in [4.78, 5) is 0. The van der Waals surface area contributed by atoms with Crippen molar-refractivity contribution >= 4 is 0 Å². The van der Waals surface area contributed by atoms with Crippen LogP contribution < -0.4 is 9.47 Å². The molecule has 1 aromatic rings. The molecule has 1 heterocycles. The van der Waals surface area contributed by atoms with E-state index in [1.807, 2.05) is 43.3 Å². The molecule has 0 unspecified atom stereocenters. The molecule has 1 aliphatic heterocycles. The normalized spacial score (nSPS) is 20.8. The molecule has 0 atom stereocenters. The number of benzene rings is 1. The molecule has 0 bridgehead atoms. The zero-order valence-electron chi connectivity index (χ0n) is 15.9. The van der Waals surface area contributed by atoms with Crippen LogP contribution in [0.2, 0.25) is 0 Å². The van der Waals surface area contributed by atoms with Crippen molar-refractivity contribution in [3.05, 3.63) is 60.6 Å². The Bertz CT molecular complexity index is 623. The molecule has 0 radical (unpaired) electrons. The molecule has 6 heteroatoms. The minimum absolute atomic E-state index is 0.391. The lowest BCUT2D eigenvalue weighted by Gasteiger charge is -2.15. The van der Waals surface area contributed by atoms with Crippen molar-refractivity contribution in [2.45, 2.75) is 6.92 Å². The highest BCUT2D eigenvalue weighted by Gasteiger charge is 2.07. The van der Waals surface area contributed by atoms with Crippen molar-refractivity contribution < 1.29 is 28.4 Å². The topological polar surface area (TPSA) is 55.4 Å². The van der Waals surface area contributed by atoms with Gasteiger partial charge in [0, 0.05) is 0 Å². The van der Waals surface area contributed by atoms with Gasteiger partial charge in [0.15, 0.2) is 23.0 Å². The Morgan fingerprint density at radius 2 is 1.19 bits per heavy atom. The van der Waals surface area contributed by atoms with Gasteiger partial charge in [0.1, 0.15) is 26.4 Å². The number of hydrogen-bond acceptors (Lipinski definition) is 6. The third-order valence-corrected chi connectivity index (χ3v) is 3.54. The highest BCUT2D eigenvalue weighted by atomic mass is 16.6. The number of allylic oxidation sites excluding steroid dienone is 3. The van der Waals surface area contributed by atoms with Gasteiger partial charge in [-0.3, -0.25) is 0 Å². The van der Waals surface area contributed by atoms with Crippen LogP contribution in [0.4, 0.5) is 0 Å². The van der Waals surface area contributed by atoms with E-state index < -0.39 is 0 Å². The van der Waals surface area contributed by atoms with E-state index in [-0.39, 0.29) is 0 Å². The quantitative estimate of drug-likeness (QED) is 0.787. The van der Waals surface area contributed by atoms with Gasteiger partial charge in [-0.15, -0.1) is 0 Å². The Morgan fingerprint density at radius 1 is 0.704 bits per heavy atom. The van der Waals surface area contributed by atoms with E-state index >= 15 is 0 Å². The average Bonchev–Trinajstić information content (AvgIpc) is 2.69. The van der Waals surface area contributed by atoms with Crippen LogP contribution in [-0.2, 0) is 18.9 Å². The van der Waals surface area contributed by atoms with Crippen molar-refractivity contribution in [3.8, 4) is 11.5 Å². The lowest BCUT2D eigenvalue weighted by Crippen LogP contribution is -2.14. The fraction of sp³-hybridized carbons (Fsp3) is 0.429. The summed E-state index contributed by atoms with van der Waals surface area (Å²) in [6, 6.07) is 7.55. The summed E-state index contributed by atoms with van der Waals surface area (Å²) in [5.41, 5.74) is 0. The number of fused-ring (bicyclic) bond motifs is 1. The fourth-order valence-electron chi connectivity index (χ4n) is 2.32. The van der Waals surface area contributed by atoms with Crippen LogP contribution in [0, 0.1) is 0 Å². The molecule has 0 fully saturated rings. The molecule has 6 nitrogen and oxygen atoms in total. The van der Waals surface area contributed by atoms with Crippen molar-refractivity contribution in [1.29, 1.82) is 0 Å². The smallest absolute Gasteiger partial charge is 0.161 e. The average molecular weight is 376 g/mol. The maximum atomic E-state index is 5.76. The first-order valence-electron chi connectivity index (χ1n) is 9.10. The highest BCUT2D eigenvalue weighted by molar-refractivity contribution is 5.39. The Balaban J connectivity index is 1.96. The van der Waals surface area contributed by atoms with Crippen molar-refractivity contribution in [2.75, 3.05) is 52.9 Å². The predicted octanol–water partition coefficient (Wildman–Crippen LogP) is 3.50. The van der Waals surface area contributed by atoms with E-state index in [4.69, 9.17) is 28.4 Å². The summed E-state index contributed by atoms with van der Waals surface area (Å²) in [6.45, 7) is 9.12. The third-order valence-electron chi connectivity index (χ3n) is 3.54. The van der Waals surface area contributed by atoms with Crippen LogP contribution >= 0.6 is 0 Å². The van der Waals surface area contributed by atoms with Crippen LogP contribution in [-0.4, -0.2) is 52.9 Å². The summed E-state index contributed by atoms with van der Waals surface area (Å²) < 4.78 is 34.1. The van der Waals surface area contributed by atoms with Gasteiger partial charge in [0.05, 0.1) is 26.4 Å². The molecule has 0 aliphatic carbocycles. The second-order valence-corrected chi connectivity index (χ2v) is 5.50. The Labute approximate surface area is 161 Å². The molecule has 0 aromatic heterocycles. The molecule has 2 rings (SSSR count). The van der Waals surface area contributed by atoms with Gasteiger partial charge in [-0.25, -0.2) is 0 Å². The molecule has 0 amide bonds. The summed E-state index contributed by atoms with van der Waals surface area (Å²) >= 11 is 0. The number of rotatable bonds is 2. The minimum Gasteiger partial charge on any atom is -0.487 e. The van der Waals surface area contributed by atoms with Gasteiger partial charge in [0.2, 0.25) is 0 Å². The van der Waals surface area contributed by atoms with Crippen LogP contribution in [0.5, 0.6) is 11.5 Å². The molecule has 0 saturated heterocycles. The fourth-order valence-corrected chi connectivity index (χ4v) is 2.32. The maximum Gasteiger partial charge on any atom is 0.161 e. The molecule has 1 aromatic carbocycles. The SMILES string of the molecule is C=C/C1=C(\C=C/C)OCCOCCOc2ccccc2OCCOCCO1. The second kappa shape index (κ2) is 12.8. The molecular weight excluding hydrogens is 348 g/mol. The van der Waals surface area contributed by atoms with Gasteiger partial charge >= 0.3 is 0 Å². The van der Waals surface area contributed by atoms with Gasteiger partial charge in [-0.05, 0) is 31.2 Å². The highest BCUT2D eigenvalue weighted by Crippen LogP contribution is 2.26. The van der Waals surface area contributed by atoms with Crippen LogP contribution in [0.25, 0.3) is 0 Å². The Hall–Kier alpha value is -2.44. The number of ether oxygens (including phenoxy) is 6. The summed E-state index contributed by atoms with van der Waals surface area (Å²) in [5, 5.41) is 0. The largest absolute Gasteiger partial charge is 0.487 e. The van der Waals surface area contributed by atoms with E-state index in [9.17, 15) is 0 Å². The lowest BCUT2D eigenvalue weighted by molar-refractivity contribution is 0.0429. The van der Waals surface area contributed by atoms with Gasteiger partial charge < -0.3 is 28.4 Å². The predicted molar refractivity (Wildman–Crippen MR) is 103 cm³/mol. The van der Waals surface area contributed by atoms with Gasteiger partial charge in [-0.2, -0.15) is 0 Å². The van der Waals surface area contributed by atoms with E-state index in [0.717, 1.165) is 0 Å². The van der Waals surface area contributed by atoms with Crippen molar-refractivity contribution in [1.82, 2.24) is 0 Å². The zero-order valence-corrected chi connectivity index (χ0v) is 15.9. The summed E-state index contributed by atoms with van der Waals surface area (Å²) in [5.74, 6) is 2.57. The standard InChI is InChI=1S/C21H28O6/c1-3-7-19-18(4-2)24-14-10-22-12-16-26-20-8-5-6-9-21(20)27-17-13-23-11-15-25-19/h3-9H,2,10-17H2,1H3/b7-3-,19-18-. The Morgan fingerprint density at radius 3 is 1.67 bits per heavy atom. The second-order valence-electron chi connectivity index (χ2n) is 5.50. The van der Waals surface area contributed by atoms with Gasteiger partial charge in [0.25, 0.3) is 0 Å². The van der Waals surface area contributed by atoms with Crippen LogP contribution in [0.15, 0.2) is 60.6 Å². The monoisotopic (exact) mass is 376 g/mol. The van der Waals surface area contributed by atoms with E-state index in [1.165, 1.54) is 0 Å². The number of hydrogen-bond donors (Lipinski definition) is 0. The molecule has 0 spiro atoms. The summed E-state index contributed by atoms with van der Waals surface area (Å²) in [7, 11) is 0. The molecule has 1 aliphatic rings. The molecule has 148 valence electrons. The Kier molecular flexibility index (Phi) is 9.92. The van der Waals surface area contributed by atoms with E-state index in [1.54, 1.807) is 6.08 Å². The van der Waals surface area contributed by atoms with Crippen molar-refractivity contribution in [2.24, 2.45) is 0 Å². The number of para-hydroxylation sites is 2. The zero-order chi connectivity index (χ0) is 19.2. The first-order valence-corrected chi connectivity index (χ1v) is 9.10. The molecular formula is C21H28O6. The van der Waals surface area contributed by atoms with Crippen LogP contribution in [0.1, 0.15) is 6.92 Å². The van der Waals surface area contributed by atoms with Crippen LogP contribution in [0.3, 0.4) is 0 Å². The van der Waals surface area contributed by atoms with Gasteiger partial charge in [-0.1, -0.05) is 24.8 Å². The van der Waals surface area contributed by atoms with E-state index in [0.29, 0.717) is 75.9 Å². The molecule has 0 N–H and O–H groups in total. The maximum absolute atomic E-state index is 5.76. The molecule has 0 saturated carbocycles. The first kappa shape index (κ1) is 20.9. The first-order chi connectivity index (χ1) is 13.3. The summed E-state index contributed by atoms with van der Waals surface area (Å²) in [6.07, 6.45) is 5.35. The third kappa shape index (κ3) is 7.76. The molecule has 27 heavy (non-hydrogen) atoms. The van der Waals surface area contributed by atoms with E-state index in [2.05, 4.69) is 6.58 Å². The lowest BCUT2D eigenvalue weighted by atomic mass is 10.3.